The van der Waals surface area contributed by atoms with E-state index in [9.17, 15) is 5.11 Å². The maximum atomic E-state index is 10.4. The van der Waals surface area contributed by atoms with Crippen molar-refractivity contribution in [2.45, 2.75) is 13.0 Å². The second-order valence-corrected chi connectivity index (χ2v) is 5.87. The van der Waals surface area contributed by atoms with Gasteiger partial charge in [-0.05, 0) is 48.4 Å². The highest BCUT2D eigenvalue weighted by Crippen LogP contribution is 2.20. The molecule has 6 nitrogen and oxygen atoms in total. The summed E-state index contributed by atoms with van der Waals surface area (Å²) in [6, 6.07) is 17.1. The number of aliphatic hydroxyl groups excluding tert-OH is 1. The predicted octanol–water partition coefficient (Wildman–Crippen LogP) is 3.68. The second-order valence-electron chi connectivity index (χ2n) is 5.87. The summed E-state index contributed by atoms with van der Waals surface area (Å²) in [4.78, 5) is 8.64. The van der Waals surface area contributed by atoms with Gasteiger partial charge in [0.15, 0.2) is 0 Å². The molecule has 3 N–H and O–H groups in total. The highest BCUT2D eigenvalue weighted by atomic mass is 16.5. The van der Waals surface area contributed by atoms with E-state index in [1.807, 2.05) is 55.5 Å². The number of aliphatic hydroxyl groups is 1. The fourth-order valence-corrected chi connectivity index (χ4v) is 2.59. The van der Waals surface area contributed by atoms with Crippen molar-refractivity contribution in [1.82, 2.24) is 9.97 Å². The molecule has 3 aromatic rings. The van der Waals surface area contributed by atoms with Gasteiger partial charge in [0.2, 0.25) is 5.95 Å². The van der Waals surface area contributed by atoms with Gasteiger partial charge in [0, 0.05) is 18.4 Å². The molecule has 0 saturated carbocycles. The zero-order valence-corrected chi connectivity index (χ0v) is 14.8. The van der Waals surface area contributed by atoms with Crippen molar-refractivity contribution in [3.8, 4) is 5.75 Å². The van der Waals surface area contributed by atoms with E-state index in [4.69, 9.17) is 4.74 Å². The Hall–Kier alpha value is -3.12. The van der Waals surface area contributed by atoms with E-state index in [0.29, 0.717) is 18.3 Å². The number of aryl methyl sites for hydroxylation is 1. The second kappa shape index (κ2) is 8.31. The van der Waals surface area contributed by atoms with Crippen molar-refractivity contribution in [3.05, 3.63) is 71.9 Å². The first-order valence-electron chi connectivity index (χ1n) is 8.37. The molecule has 2 aromatic carbocycles. The summed E-state index contributed by atoms with van der Waals surface area (Å²) in [5, 5.41) is 16.7. The Morgan fingerprint density at radius 2 is 1.85 bits per heavy atom. The molecule has 1 atom stereocenters. The van der Waals surface area contributed by atoms with Crippen LogP contribution in [-0.4, -0.2) is 28.7 Å². The average Bonchev–Trinajstić information content (AvgIpc) is 2.67. The summed E-state index contributed by atoms with van der Waals surface area (Å²) in [7, 11) is 1.63. The SMILES string of the molecule is COc1ccc(Nc2nccc(NCC(O)c3ccccc3C)n2)cc1. The van der Waals surface area contributed by atoms with Gasteiger partial charge in [-0.2, -0.15) is 4.98 Å². The van der Waals surface area contributed by atoms with Crippen LogP contribution < -0.4 is 15.4 Å². The number of nitrogens with zero attached hydrogens (tertiary/aromatic N) is 2. The molecule has 1 unspecified atom stereocenters. The first-order chi connectivity index (χ1) is 12.7. The van der Waals surface area contributed by atoms with E-state index in [1.54, 1.807) is 19.4 Å². The molecule has 134 valence electrons. The zero-order valence-electron chi connectivity index (χ0n) is 14.8. The summed E-state index contributed by atoms with van der Waals surface area (Å²) < 4.78 is 5.14. The quantitative estimate of drug-likeness (QED) is 0.603. The van der Waals surface area contributed by atoms with Gasteiger partial charge >= 0.3 is 0 Å². The van der Waals surface area contributed by atoms with Crippen LogP contribution in [-0.2, 0) is 0 Å². The fraction of sp³-hybridized carbons (Fsp3) is 0.200. The lowest BCUT2D eigenvalue weighted by atomic mass is 10.0. The van der Waals surface area contributed by atoms with Crippen molar-refractivity contribution in [2.75, 3.05) is 24.3 Å². The third-order valence-electron chi connectivity index (χ3n) is 4.03. The molecule has 0 aliphatic rings. The van der Waals surface area contributed by atoms with Crippen LogP contribution in [0.3, 0.4) is 0 Å². The molecular weight excluding hydrogens is 328 g/mol. The Balaban J connectivity index is 1.62. The van der Waals surface area contributed by atoms with E-state index in [1.165, 1.54) is 0 Å². The van der Waals surface area contributed by atoms with Gasteiger partial charge in [-0.3, -0.25) is 0 Å². The van der Waals surface area contributed by atoms with Crippen molar-refractivity contribution < 1.29 is 9.84 Å². The summed E-state index contributed by atoms with van der Waals surface area (Å²) >= 11 is 0. The van der Waals surface area contributed by atoms with Crippen LogP contribution in [0.15, 0.2) is 60.8 Å². The Bertz CT molecular complexity index is 852. The standard InChI is InChI=1S/C20H22N4O2/c1-14-5-3-4-6-17(14)18(25)13-22-19-11-12-21-20(24-19)23-15-7-9-16(26-2)10-8-15/h3-12,18,25H,13H2,1-2H3,(H2,21,22,23,24). The van der Waals surface area contributed by atoms with Gasteiger partial charge in [-0.1, -0.05) is 24.3 Å². The van der Waals surface area contributed by atoms with Crippen LogP contribution in [0.2, 0.25) is 0 Å². The summed E-state index contributed by atoms with van der Waals surface area (Å²) in [6.45, 7) is 2.35. The van der Waals surface area contributed by atoms with Crippen LogP contribution in [0.1, 0.15) is 17.2 Å². The summed E-state index contributed by atoms with van der Waals surface area (Å²) in [5.74, 6) is 1.91. The van der Waals surface area contributed by atoms with Crippen molar-refractivity contribution in [1.29, 1.82) is 0 Å². The van der Waals surface area contributed by atoms with Gasteiger partial charge in [-0.25, -0.2) is 4.98 Å². The van der Waals surface area contributed by atoms with E-state index in [0.717, 1.165) is 22.6 Å². The molecule has 0 spiro atoms. The van der Waals surface area contributed by atoms with Gasteiger partial charge in [0.05, 0.1) is 13.2 Å². The van der Waals surface area contributed by atoms with Crippen molar-refractivity contribution in [2.24, 2.45) is 0 Å². The first kappa shape index (κ1) is 17.7. The number of methoxy groups -OCH3 is 1. The zero-order chi connectivity index (χ0) is 18.4. The molecule has 0 aliphatic carbocycles. The first-order valence-corrected chi connectivity index (χ1v) is 8.37. The van der Waals surface area contributed by atoms with E-state index in [-0.39, 0.29) is 0 Å². The largest absolute Gasteiger partial charge is 0.497 e. The predicted molar refractivity (Wildman–Crippen MR) is 103 cm³/mol. The molecular formula is C20H22N4O2. The number of anilines is 3. The molecule has 6 heteroatoms. The normalized spacial score (nSPS) is 11.7. The highest BCUT2D eigenvalue weighted by Gasteiger charge is 2.10. The number of aromatic nitrogens is 2. The van der Waals surface area contributed by atoms with Crippen molar-refractivity contribution >= 4 is 17.5 Å². The molecule has 0 saturated heterocycles. The number of hydrogen-bond donors (Lipinski definition) is 3. The smallest absolute Gasteiger partial charge is 0.229 e. The Kier molecular flexibility index (Phi) is 5.66. The lowest BCUT2D eigenvalue weighted by Crippen LogP contribution is -2.14. The van der Waals surface area contributed by atoms with Crippen LogP contribution >= 0.6 is 0 Å². The Labute approximate surface area is 152 Å². The monoisotopic (exact) mass is 350 g/mol. The molecule has 0 aliphatic heterocycles. The van der Waals surface area contributed by atoms with Gasteiger partial charge in [-0.15, -0.1) is 0 Å². The molecule has 3 rings (SSSR count). The lowest BCUT2D eigenvalue weighted by molar-refractivity contribution is 0.191. The molecule has 0 bridgehead atoms. The Morgan fingerprint density at radius 1 is 1.08 bits per heavy atom. The minimum atomic E-state index is -0.607. The molecule has 1 aromatic heterocycles. The van der Waals surface area contributed by atoms with Crippen LogP contribution in [0.25, 0.3) is 0 Å². The van der Waals surface area contributed by atoms with Crippen LogP contribution in [0.4, 0.5) is 17.5 Å². The Morgan fingerprint density at radius 3 is 2.58 bits per heavy atom. The third kappa shape index (κ3) is 4.49. The minimum Gasteiger partial charge on any atom is -0.497 e. The molecule has 0 radical (unpaired) electrons. The van der Waals surface area contributed by atoms with E-state index < -0.39 is 6.10 Å². The topological polar surface area (TPSA) is 79.3 Å². The molecule has 0 fully saturated rings. The van der Waals surface area contributed by atoms with Gasteiger partial charge in [0.1, 0.15) is 11.6 Å². The van der Waals surface area contributed by atoms with Crippen LogP contribution in [0.5, 0.6) is 5.75 Å². The molecule has 1 heterocycles. The number of ether oxygens (including phenoxy) is 1. The number of nitrogens with one attached hydrogen (secondary N) is 2. The summed E-state index contributed by atoms with van der Waals surface area (Å²) in [5.41, 5.74) is 2.83. The maximum Gasteiger partial charge on any atom is 0.229 e. The van der Waals surface area contributed by atoms with Crippen LogP contribution in [0, 0.1) is 6.92 Å². The number of benzene rings is 2. The third-order valence-corrected chi connectivity index (χ3v) is 4.03. The summed E-state index contributed by atoms with van der Waals surface area (Å²) in [6.07, 6.45) is 1.06. The molecule has 0 amide bonds. The minimum absolute atomic E-state index is 0.365. The van der Waals surface area contributed by atoms with Crippen molar-refractivity contribution in [3.63, 3.8) is 0 Å². The highest BCUT2D eigenvalue weighted by molar-refractivity contribution is 5.55. The number of hydrogen-bond acceptors (Lipinski definition) is 6. The van der Waals surface area contributed by atoms with Gasteiger partial charge in [0.25, 0.3) is 0 Å². The maximum absolute atomic E-state index is 10.4. The lowest BCUT2D eigenvalue weighted by Gasteiger charge is -2.15. The van der Waals surface area contributed by atoms with E-state index >= 15 is 0 Å². The number of rotatable bonds is 7. The fourth-order valence-electron chi connectivity index (χ4n) is 2.59. The van der Waals surface area contributed by atoms with E-state index in [2.05, 4.69) is 20.6 Å². The molecule has 26 heavy (non-hydrogen) atoms. The average molecular weight is 350 g/mol. The van der Waals surface area contributed by atoms with Gasteiger partial charge < -0.3 is 20.5 Å².